The lowest BCUT2D eigenvalue weighted by molar-refractivity contribution is 0.262. The van der Waals surface area contributed by atoms with Gasteiger partial charge in [0.05, 0.1) is 4.88 Å². The van der Waals surface area contributed by atoms with Crippen LogP contribution in [-0.2, 0) is 16.3 Å². The Morgan fingerprint density at radius 2 is 2.12 bits per heavy atom. The molecule has 4 rings (SSSR count). The van der Waals surface area contributed by atoms with Crippen molar-refractivity contribution >= 4 is 44.0 Å². The van der Waals surface area contributed by atoms with Crippen LogP contribution in [0.25, 0.3) is 11.5 Å². The van der Waals surface area contributed by atoms with Gasteiger partial charge in [0.1, 0.15) is 29.0 Å². The molecule has 2 amide bonds. The first kappa shape index (κ1) is 22.1. The molecular formula is C19H24N8O3S2. The van der Waals surface area contributed by atoms with Crippen LogP contribution in [0.5, 0.6) is 0 Å². The predicted molar refractivity (Wildman–Crippen MR) is 124 cm³/mol. The lowest BCUT2D eigenvalue weighted by Crippen LogP contribution is -2.34. The number of thiazole rings is 1. The van der Waals surface area contributed by atoms with Crippen LogP contribution in [0.3, 0.4) is 0 Å². The van der Waals surface area contributed by atoms with E-state index in [-0.39, 0.29) is 11.8 Å². The van der Waals surface area contributed by atoms with E-state index in [0.717, 1.165) is 4.88 Å². The average molecular weight is 477 g/mol. The van der Waals surface area contributed by atoms with E-state index in [1.54, 1.807) is 31.5 Å². The number of aromatic nitrogens is 5. The number of nitrogens with one attached hydrogen (secondary N) is 3. The van der Waals surface area contributed by atoms with Crippen LogP contribution in [0.2, 0.25) is 0 Å². The van der Waals surface area contributed by atoms with Crippen LogP contribution in [0, 0.1) is 0 Å². The largest absolute Gasteiger partial charge is 0.353 e. The molecule has 170 valence electrons. The van der Waals surface area contributed by atoms with Crippen LogP contribution in [-0.4, -0.2) is 50.3 Å². The molecule has 3 N–H and O–H groups in total. The Morgan fingerprint density at radius 1 is 1.31 bits per heavy atom. The fraction of sp³-hybridized carbons (Fsp3) is 0.421. The molecule has 1 aliphatic heterocycles. The number of anilines is 3. The second-order valence-electron chi connectivity index (χ2n) is 7.56. The summed E-state index contributed by atoms with van der Waals surface area (Å²) in [5.74, 6) is 1.54. The van der Waals surface area contributed by atoms with Crippen LogP contribution >= 0.6 is 11.3 Å². The molecule has 11 nitrogen and oxygen atoms in total. The molecule has 1 aliphatic rings. The fourth-order valence-electron chi connectivity index (χ4n) is 3.32. The summed E-state index contributed by atoms with van der Waals surface area (Å²) in [4.78, 5) is 22.2. The van der Waals surface area contributed by atoms with Crippen molar-refractivity contribution in [2.75, 3.05) is 21.7 Å². The number of hydrogen-bond donors (Lipinski definition) is 3. The Hall–Kier alpha value is -3.06. The van der Waals surface area contributed by atoms with E-state index in [4.69, 9.17) is 0 Å². The summed E-state index contributed by atoms with van der Waals surface area (Å²) < 4.78 is 26.2. The van der Waals surface area contributed by atoms with Gasteiger partial charge in [0.2, 0.25) is 0 Å². The molecule has 0 saturated heterocycles. The number of pyridine rings is 1. The number of fused-ring (bicyclic) bond motifs is 1. The normalized spacial score (nSPS) is 15.8. The number of carbonyl (C=O) groups excluding carboxylic acids is 1. The van der Waals surface area contributed by atoms with Gasteiger partial charge in [-0.2, -0.15) is 0 Å². The zero-order valence-corrected chi connectivity index (χ0v) is 19.5. The first-order chi connectivity index (χ1) is 15.3. The standard InChI is InChI=1S/C19H24N8O3S2/c1-4-32(29,30)15-9-8-13-16(23-15)24-19(31-13)25-18(28)22-14-7-5-6-12(21-14)17-26-20-10-27(17)11(2)3/h5-7,10-11,15,23H,4,8-9H2,1-3H3,(H2,21,22,24,25,28). The Morgan fingerprint density at radius 3 is 2.88 bits per heavy atom. The summed E-state index contributed by atoms with van der Waals surface area (Å²) in [5, 5.41) is 16.2. The van der Waals surface area contributed by atoms with Crippen molar-refractivity contribution in [3.63, 3.8) is 0 Å². The Kier molecular flexibility index (Phi) is 6.11. The molecule has 32 heavy (non-hydrogen) atoms. The van der Waals surface area contributed by atoms with Gasteiger partial charge in [0.25, 0.3) is 0 Å². The van der Waals surface area contributed by atoms with Crippen molar-refractivity contribution in [3.8, 4) is 11.5 Å². The second kappa shape index (κ2) is 8.82. The van der Waals surface area contributed by atoms with Crippen molar-refractivity contribution in [3.05, 3.63) is 29.4 Å². The van der Waals surface area contributed by atoms with Crippen LogP contribution < -0.4 is 16.0 Å². The molecule has 0 fully saturated rings. The minimum absolute atomic E-state index is 0.0667. The van der Waals surface area contributed by atoms with E-state index in [9.17, 15) is 13.2 Å². The van der Waals surface area contributed by atoms with Gasteiger partial charge >= 0.3 is 6.03 Å². The number of sulfone groups is 1. The van der Waals surface area contributed by atoms with E-state index in [2.05, 4.69) is 36.1 Å². The third-order valence-electron chi connectivity index (χ3n) is 5.03. The lowest BCUT2D eigenvalue weighted by Gasteiger charge is -2.22. The van der Waals surface area contributed by atoms with Gasteiger partial charge in [0, 0.05) is 11.8 Å². The quantitative estimate of drug-likeness (QED) is 0.492. The highest BCUT2D eigenvalue weighted by Gasteiger charge is 2.30. The third-order valence-corrected chi connectivity index (χ3v) is 8.09. The minimum Gasteiger partial charge on any atom is -0.353 e. The van der Waals surface area contributed by atoms with Crippen molar-refractivity contribution in [1.29, 1.82) is 0 Å². The number of amides is 2. The molecule has 0 saturated carbocycles. The number of aryl methyl sites for hydroxylation is 1. The molecule has 4 heterocycles. The van der Waals surface area contributed by atoms with E-state index in [1.807, 2.05) is 18.4 Å². The number of carbonyl (C=O) groups is 1. The molecule has 3 aromatic heterocycles. The molecule has 13 heteroatoms. The van der Waals surface area contributed by atoms with E-state index in [0.29, 0.717) is 41.1 Å². The SMILES string of the molecule is CCS(=O)(=O)C1CCc2sc(NC(=O)Nc3cccc(-c4nncn4C(C)C)n3)nc2N1. The van der Waals surface area contributed by atoms with Gasteiger partial charge in [-0.15, -0.1) is 10.2 Å². The molecule has 0 bridgehead atoms. The number of urea groups is 1. The summed E-state index contributed by atoms with van der Waals surface area (Å²) in [6.07, 6.45) is 2.71. The smallest absolute Gasteiger partial charge is 0.326 e. The van der Waals surface area contributed by atoms with Gasteiger partial charge in [-0.1, -0.05) is 24.3 Å². The molecule has 0 aromatic carbocycles. The Balaban J connectivity index is 1.44. The topological polar surface area (TPSA) is 144 Å². The highest BCUT2D eigenvalue weighted by molar-refractivity contribution is 7.92. The maximum Gasteiger partial charge on any atom is 0.326 e. The highest BCUT2D eigenvalue weighted by Crippen LogP contribution is 2.34. The van der Waals surface area contributed by atoms with Gasteiger partial charge in [-0.25, -0.2) is 23.2 Å². The van der Waals surface area contributed by atoms with Gasteiger partial charge in [-0.05, 0) is 38.8 Å². The number of rotatable bonds is 6. The molecule has 1 unspecified atom stereocenters. The monoisotopic (exact) mass is 476 g/mol. The average Bonchev–Trinajstić information content (AvgIpc) is 3.40. The fourth-order valence-corrected chi connectivity index (χ4v) is 5.43. The minimum atomic E-state index is -3.22. The van der Waals surface area contributed by atoms with Crippen molar-refractivity contribution in [2.45, 2.75) is 45.0 Å². The first-order valence-electron chi connectivity index (χ1n) is 10.2. The van der Waals surface area contributed by atoms with Crippen LogP contribution in [0.4, 0.5) is 21.6 Å². The summed E-state index contributed by atoms with van der Waals surface area (Å²) >= 11 is 1.32. The van der Waals surface area contributed by atoms with Crippen molar-refractivity contribution in [2.24, 2.45) is 0 Å². The molecular weight excluding hydrogens is 452 g/mol. The zero-order chi connectivity index (χ0) is 22.9. The summed E-state index contributed by atoms with van der Waals surface area (Å²) in [6.45, 7) is 5.66. The lowest BCUT2D eigenvalue weighted by atomic mass is 10.2. The molecule has 0 spiro atoms. The van der Waals surface area contributed by atoms with Crippen molar-refractivity contribution in [1.82, 2.24) is 24.7 Å². The molecule has 1 atom stereocenters. The highest BCUT2D eigenvalue weighted by atomic mass is 32.2. The summed E-state index contributed by atoms with van der Waals surface area (Å²) in [6, 6.07) is 4.92. The second-order valence-corrected chi connectivity index (χ2v) is 11.1. The van der Waals surface area contributed by atoms with Crippen LogP contribution in [0.15, 0.2) is 24.5 Å². The van der Waals surface area contributed by atoms with Gasteiger partial charge in [0.15, 0.2) is 20.8 Å². The number of hydrogen-bond acceptors (Lipinski definition) is 9. The van der Waals surface area contributed by atoms with E-state index >= 15 is 0 Å². The summed E-state index contributed by atoms with van der Waals surface area (Å²) in [7, 11) is -3.22. The van der Waals surface area contributed by atoms with Gasteiger partial charge in [-0.3, -0.25) is 10.6 Å². The maximum atomic E-state index is 12.5. The van der Waals surface area contributed by atoms with E-state index in [1.165, 1.54) is 11.3 Å². The van der Waals surface area contributed by atoms with Crippen molar-refractivity contribution < 1.29 is 13.2 Å². The Bertz CT molecular complexity index is 1230. The third kappa shape index (κ3) is 4.58. The zero-order valence-electron chi connectivity index (χ0n) is 17.9. The Labute approximate surface area is 189 Å². The van der Waals surface area contributed by atoms with Gasteiger partial charge < -0.3 is 9.88 Å². The number of nitrogens with zero attached hydrogens (tertiary/aromatic N) is 5. The summed E-state index contributed by atoms with van der Waals surface area (Å²) in [5.41, 5.74) is 0.589. The predicted octanol–water partition coefficient (Wildman–Crippen LogP) is 3.14. The molecule has 3 aromatic rings. The van der Waals surface area contributed by atoms with Crippen LogP contribution in [0.1, 0.15) is 38.1 Å². The molecule has 0 radical (unpaired) electrons. The first-order valence-corrected chi connectivity index (χ1v) is 12.7. The molecule has 0 aliphatic carbocycles. The maximum absolute atomic E-state index is 12.5. The van der Waals surface area contributed by atoms with E-state index < -0.39 is 21.2 Å².